The van der Waals surface area contributed by atoms with Crippen LogP contribution in [0.15, 0.2) is 0 Å². The summed E-state index contributed by atoms with van der Waals surface area (Å²) in [6.07, 6.45) is 1.81. The first-order valence-corrected chi connectivity index (χ1v) is 6.54. The number of hydrogen-bond donors (Lipinski definition) is 3. The summed E-state index contributed by atoms with van der Waals surface area (Å²) in [4.78, 5) is 21.7. The number of rotatable bonds is 7. The van der Waals surface area contributed by atoms with E-state index in [2.05, 4.69) is 5.32 Å². The van der Waals surface area contributed by atoms with E-state index >= 15 is 0 Å². The predicted octanol–water partition coefficient (Wildman–Crippen LogP) is -0.518. The number of carbonyl (C=O) groups excluding carboxylic acids is 2. The van der Waals surface area contributed by atoms with Gasteiger partial charge in [-0.25, -0.2) is 0 Å². The van der Waals surface area contributed by atoms with Crippen molar-refractivity contribution in [3.05, 3.63) is 0 Å². The molecule has 0 aliphatic heterocycles. The van der Waals surface area contributed by atoms with Crippen molar-refractivity contribution in [1.29, 1.82) is 0 Å². The molecule has 4 N–H and O–H groups in total. The van der Waals surface area contributed by atoms with Crippen molar-refractivity contribution < 1.29 is 14.7 Å². The number of aliphatic hydroxyl groups is 1. The monoisotopic (exact) mass is 246 g/mol. The van der Waals surface area contributed by atoms with Gasteiger partial charge in [-0.3, -0.25) is 9.59 Å². The lowest BCUT2D eigenvalue weighted by molar-refractivity contribution is -0.121. The summed E-state index contributed by atoms with van der Waals surface area (Å²) in [7, 11) is 0. The van der Waals surface area contributed by atoms with Crippen molar-refractivity contribution in [1.82, 2.24) is 5.32 Å². The van der Waals surface area contributed by atoms with Gasteiger partial charge in [-0.1, -0.05) is 0 Å². The maximum absolute atomic E-state index is 11.3. The highest BCUT2D eigenvalue weighted by molar-refractivity contribution is 7.99. The van der Waals surface area contributed by atoms with Crippen LogP contribution in [0.1, 0.15) is 19.3 Å². The molecule has 0 saturated heterocycles. The van der Waals surface area contributed by atoms with Gasteiger partial charge in [-0.05, 0) is 18.8 Å². The van der Waals surface area contributed by atoms with E-state index in [0.717, 1.165) is 12.8 Å². The molecular weight excluding hydrogens is 228 g/mol. The largest absolute Gasteiger partial charge is 0.393 e. The van der Waals surface area contributed by atoms with Crippen LogP contribution >= 0.6 is 11.8 Å². The highest BCUT2D eigenvalue weighted by Gasteiger charge is 2.26. The van der Waals surface area contributed by atoms with Crippen LogP contribution < -0.4 is 11.1 Å². The third kappa shape index (κ3) is 5.37. The van der Waals surface area contributed by atoms with Crippen molar-refractivity contribution in [2.75, 3.05) is 18.1 Å². The van der Waals surface area contributed by atoms with Crippen molar-refractivity contribution in [2.24, 2.45) is 11.7 Å². The van der Waals surface area contributed by atoms with Gasteiger partial charge in [0.1, 0.15) is 0 Å². The van der Waals surface area contributed by atoms with Gasteiger partial charge in [0, 0.05) is 18.7 Å². The molecule has 0 heterocycles. The Hall–Kier alpha value is -0.750. The minimum atomic E-state index is -0.353. The van der Waals surface area contributed by atoms with Crippen molar-refractivity contribution in [3.8, 4) is 0 Å². The fourth-order valence-corrected chi connectivity index (χ4v) is 2.23. The molecule has 6 heteroatoms. The first kappa shape index (κ1) is 13.3. The van der Waals surface area contributed by atoms with Crippen LogP contribution in [0.5, 0.6) is 0 Å². The molecule has 0 unspecified atom stereocenters. The molecule has 0 aromatic carbocycles. The van der Waals surface area contributed by atoms with Crippen molar-refractivity contribution in [2.45, 2.75) is 25.4 Å². The second-order valence-corrected chi connectivity index (χ2v) is 5.17. The summed E-state index contributed by atoms with van der Waals surface area (Å²) in [6.45, 7) is 0.649. The van der Waals surface area contributed by atoms with Crippen molar-refractivity contribution >= 4 is 23.6 Å². The summed E-state index contributed by atoms with van der Waals surface area (Å²) < 4.78 is 0. The maximum atomic E-state index is 11.3. The zero-order valence-electron chi connectivity index (χ0n) is 9.15. The van der Waals surface area contributed by atoms with Crippen LogP contribution in [0.4, 0.5) is 0 Å². The van der Waals surface area contributed by atoms with E-state index in [0.29, 0.717) is 24.6 Å². The average molecular weight is 246 g/mol. The lowest BCUT2D eigenvalue weighted by Crippen LogP contribution is -2.38. The Kier molecular flexibility index (Phi) is 5.62. The van der Waals surface area contributed by atoms with Crippen LogP contribution in [-0.2, 0) is 9.59 Å². The Labute approximate surface area is 99.1 Å². The number of nitrogens with one attached hydrogen (secondary N) is 1. The van der Waals surface area contributed by atoms with E-state index in [1.54, 1.807) is 0 Å². The molecule has 0 atom stereocenters. The highest BCUT2D eigenvalue weighted by Crippen LogP contribution is 2.25. The standard InChI is InChI=1S/C10H18N2O3S/c11-9(14)6-16-2-1-10(15)12-5-7-3-8(13)4-7/h7-8,13H,1-6H2,(H2,11,14)(H,12,15). The summed E-state index contributed by atoms with van der Waals surface area (Å²) in [5, 5.41) is 11.9. The first-order valence-electron chi connectivity index (χ1n) is 5.38. The molecule has 2 amide bonds. The molecule has 1 rings (SSSR count). The van der Waals surface area contributed by atoms with E-state index < -0.39 is 0 Å². The quantitative estimate of drug-likeness (QED) is 0.527. The van der Waals surface area contributed by atoms with Gasteiger partial charge in [0.15, 0.2) is 0 Å². The summed E-state index contributed by atoms with van der Waals surface area (Å²) in [5.74, 6) is 0.953. The van der Waals surface area contributed by atoms with E-state index in [4.69, 9.17) is 10.8 Å². The molecule has 16 heavy (non-hydrogen) atoms. The predicted molar refractivity (Wildman–Crippen MR) is 62.9 cm³/mol. The van der Waals surface area contributed by atoms with E-state index in [-0.39, 0.29) is 23.7 Å². The van der Waals surface area contributed by atoms with Crippen LogP contribution in [0.2, 0.25) is 0 Å². The van der Waals surface area contributed by atoms with E-state index in [1.165, 1.54) is 11.8 Å². The van der Waals surface area contributed by atoms with Gasteiger partial charge >= 0.3 is 0 Å². The normalized spacial score (nSPS) is 23.6. The van der Waals surface area contributed by atoms with E-state index in [9.17, 15) is 9.59 Å². The summed E-state index contributed by atoms with van der Waals surface area (Å²) >= 11 is 1.37. The average Bonchev–Trinajstić information content (AvgIpc) is 2.17. The zero-order valence-corrected chi connectivity index (χ0v) is 9.96. The lowest BCUT2D eigenvalue weighted by atomic mass is 9.82. The molecule has 1 saturated carbocycles. The molecule has 0 bridgehead atoms. The molecule has 5 nitrogen and oxygen atoms in total. The molecule has 0 aromatic heterocycles. The molecule has 0 radical (unpaired) electrons. The van der Waals surface area contributed by atoms with Gasteiger partial charge in [0.2, 0.25) is 11.8 Å². The fourth-order valence-electron chi connectivity index (χ4n) is 1.55. The number of amides is 2. The van der Waals surface area contributed by atoms with Gasteiger partial charge in [-0.15, -0.1) is 0 Å². The number of primary amides is 1. The smallest absolute Gasteiger partial charge is 0.227 e. The van der Waals surface area contributed by atoms with Crippen LogP contribution in [0.3, 0.4) is 0 Å². The topological polar surface area (TPSA) is 92.4 Å². The molecule has 92 valence electrons. The Morgan fingerprint density at radius 2 is 2.12 bits per heavy atom. The minimum Gasteiger partial charge on any atom is -0.393 e. The maximum Gasteiger partial charge on any atom is 0.227 e. The second-order valence-electron chi connectivity index (χ2n) is 4.06. The van der Waals surface area contributed by atoms with Gasteiger partial charge in [0.25, 0.3) is 0 Å². The van der Waals surface area contributed by atoms with Gasteiger partial charge in [-0.2, -0.15) is 11.8 Å². The van der Waals surface area contributed by atoms with Gasteiger partial charge < -0.3 is 16.2 Å². The first-order chi connectivity index (χ1) is 7.58. The molecule has 1 fully saturated rings. The number of hydrogen-bond acceptors (Lipinski definition) is 4. The lowest BCUT2D eigenvalue weighted by Gasteiger charge is -2.31. The second kappa shape index (κ2) is 6.75. The van der Waals surface area contributed by atoms with Gasteiger partial charge in [0.05, 0.1) is 11.9 Å². The third-order valence-electron chi connectivity index (χ3n) is 2.52. The molecule has 1 aliphatic rings. The third-order valence-corrected chi connectivity index (χ3v) is 3.50. The molecule has 0 aromatic rings. The Morgan fingerprint density at radius 1 is 1.44 bits per heavy atom. The van der Waals surface area contributed by atoms with Crippen LogP contribution in [-0.4, -0.2) is 41.1 Å². The fraction of sp³-hybridized carbons (Fsp3) is 0.800. The summed E-state index contributed by atoms with van der Waals surface area (Å²) in [6, 6.07) is 0. The zero-order chi connectivity index (χ0) is 12.0. The molecule has 0 spiro atoms. The highest BCUT2D eigenvalue weighted by atomic mass is 32.2. The number of nitrogens with two attached hydrogens (primary N) is 1. The van der Waals surface area contributed by atoms with E-state index in [1.807, 2.05) is 0 Å². The summed E-state index contributed by atoms with van der Waals surface area (Å²) in [5.41, 5.74) is 4.96. The Morgan fingerprint density at radius 3 is 2.69 bits per heavy atom. The Bertz CT molecular complexity index is 254. The SMILES string of the molecule is NC(=O)CSCCC(=O)NCC1CC(O)C1. The molecular formula is C10H18N2O3S. The minimum absolute atomic E-state index is 0.00152. The van der Waals surface area contributed by atoms with Crippen LogP contribution in [0, 0.1) is 5.92 Å². The van der Waals surface area contributed by atoms with Crippen molar-refractivity contribution in [3.63, 3.8) is 0 Å². The van der Waals surface area contributed by atoms with Crippen LogP contribution in [0.25, 0.3) is 0 Å². The number of thioether (sulfide) groups is 1. The Balaban J connectivity index is 1.92. The number of carbonyl (C=O) groups is 2. The number of aliphatic hydroxyl groups excluding tert-OH is 1. The molecule has 1 aliphatic carbocycles.